The van der Waals surface area contributed by atoms with Gasteiger partial charge >= 0.3 is 0 Å². The van der Waals surface area contributed by atoms with Crippen molar-refractivity contribution in [1.82, 2.24) is 14.9 Å². The molecule has 0 aliphatic heterocycles. The van der Waals surface area contributed by atoms with Crippen LogP contribution in [0.3, 0.4) is 0 Å². The van der Waals surface area contributed by atoms with Crippen LogP contribution in [0.2, 0.25) is 0 Å². The summed E-state index contributed by atoms with van der Waals surface area (Å²) in [5.41, 5.74) is 2.20. The van der Waals surface area contributed by atoms with Crippen molar-refractivity contribution in [2.45, 2.75) is 19.5 Å². The first-order chi connectivity index (χ1) is 9.36. The van der Waals surface area contributed by atoms with Gasteiger partial charge in [0.2, 0.25) is 0 Å². The molecule has 4 nitrogen and oxygen atoms in total. The standard InChI is InChI=1S/C15H21N3O/c1-3-10-18-14-8-5-4-7-13(14)17-15(18)12-16-9-6-11-19-2/h3-5,7-8,16H,1,6,9-12H2,2H3. The van der Waals surface area contributed by atoms with E-state index in [1.807, 2.05) is 24.3 Å². The van der Waals surface area contributed by atoms with E-state index < -0.39 is 0 Å². The van der Waals surface area contributed by atoms with E-state index in [1.165, 1.54) is 0 Å². The van der Waals surface area contributed by atoms with Gasteiger partial charge in [0.1, 0.15) is 5.82 Å². The summed E-state index contributed by atoms with van der Waals surface area (Å²) in [5, 5.41) is 3.40. The third-order valence-corrected chi connectivity index (χ3v) is 3.03. The van der Waals surface area contributed by atoms with Gasteiger partial charge in [0.05, 0.1) is 17.6 Å². The van der Waals surface area contributed by atoms with E-state index in [2.05, 4.69) is 27.5 Å². The molecule has 0 saturated carbocycles. The topological polar surface area (TPSA) is 39.1 Å². The number of nitrogens with zero attached hydrogens (tertiary/aromatic N) is 2. The fourth-order valence-electron chi connectivity index (χ4n) is 2.13. The van der Waals surface area contributed by atoms with E-state index in [9.17, 15) is 0 Å². The molecule has 0 saturated heterocycles. The van der Waals surface area contributed by atoms with Crippen LogP contribution in [0, 0.1) is 0 Å². The predicted octanol–water partition coefficient (Wildman–Crippen LogP) is 2.35. The normalized spacial score (nSPS) is 11.0. The van der Waals surface area contributed by atoms with Gasteiger partial charge in [-0.25, -0.2) is 4.98 Å². The summed E-state index contributed by atoms with van der Waals surface area (Å²) in [4.78, 5) is 4.67. The molecular weight excluding hydrogens is 238 g/mol. The molecule has 0 bridgehead atoms. The molecule has 2 aromatic rings. The third-order valence-electron chi connectivity index (χ3n) is 3.03. The first-order valence-corrected chi connectivity index (χ1v) is 6.61. The highest BCUT2D eigenvalue weighted by atomic mass is 16.5. The van der Waals surface area contributed by atoms with Gasteiger partial charge in [-0.05, 0) is 25.1 Å². The van der Waals surface area contributed by atoms with E-state index in [-0.39, 0.29) is 0 Å². The molecule has 0 aliphatic carbocycles. The number of para-hydroxylation sites is 2. The van der Waals surface area contributed by atoms with Crippen LogP contribution in [0.1, 0.15) is 12.2 Å². The third kappa shape index (κ3) is 3.43. The van der Waals surface area contributed by atoms with Gasteiger partial charge < -0.3 is 14.6 Å². The molecule has 1 heterocycles. The number of methoxy groups -OCH3 is 1. The summed E-state index contributed by atoms with van der Waals surface area (Å²) in [7, 11) is 1.73. The van der Waals surface area contributed by atoms with Crippen molar-refractivity contribution in [3.8, 4) is 0 Å². The van der Waals surface area contributed by atoms with Gasteiger partial charge in [-0.2, -0.15) is 0 Å². The summed E-state index contributed by atoms with van der Waals surface area (Å²) in [5.74, 6) is 1.05. The number of hydrogen-bond acceptors (Lipinski definition) is 3. The molecule has 0 spiro atoms. The van der Waals surface area contributed by atoms with Crippen LogP contribution in [0.15, 0.2) is 36.9 Å². The molecule has 2 rings (SSSR count). The summed E-state index contributed by atoms with van der Waals surface area (Å²) in [6.07, 6.45) is 2.92. The van der Waals surface area contributed by atoms with Gasteiger partial charge in [-0.3, -0.25) is 0 Å². The first-order valence-electron chi connectivity index (χ1n) is 6.61. The number of fused-ring (bicyclic) bond motifs is 1. The van der Waals surface area contributed by atoms with Crippen molar-refractivity contribution in [3.63, 3.8) is 0 Å². The number of rotatable bonds is 8. The molecule has 1 aromatic heterocycles. The molecule has 4 heteroatoms. The predicted molar refractivity (Wildman–Crippen MR) is 78.1 cm³/mol. The Hall–Kier alpha value is -1.65. The van der Waals surface area contributed by atoms with Crippen LogP contribution in [0.4, 0.5) is 0 Å². The van der Waals surface area contributed by atoms with Crippen LogP contribution in [0.5, 0.6) is 0 Å². The minimum absolute atomic E-state index is 0.770. The minimum Gasteiger partial charge on any atom is -0.385 e. The molecule has 0 unspecified atom stereocenters. The Morgan fingerprint density at radius 3 is 3.05 bits per heavy atom. The largest absolute Gasteiger partial charge is 0.385 e. The highest BCUT2D eigenvalue weighted by Gasteiger charge is 2.08. The molecule has 1 aromatic carbocycles. The Kier molecular flexibility index (Phi) is 5.12. The van der Waals surface area contributed by atoms with Crippen LogP contribution in [-0.2, 0) is 17.8 Å². The maximum atomic E-state index is 5.03. The van der Waals surface area contributed by atoms with E-state index >= 15 is 0 Å². The van der Waals surface area contributed by atoms with E-state index in [1.54, 1.807) is 7.11 Å². The Bertz CT molecular complexity index is 533. The van der Waals surface area contributed by atoms with Gasteiger partial charge in [0.15, 0.2) is 0 Å². The highest BCUT2D eigenvalue weighted by Crippen LogP contribution is 2.15. The number of aromatic nitrogens is 2. The van der Waals surface area contributed by atoms with Gasteiger partial charge in [-0.1, -0.05) is 18.2 Å². The Morgan fingerprint density at radius 1 is 1.42 bits per heavy atom. The lowest BCUT2D eigenvalue weighted by atomic mass is 10.3. The molecule has 102 valence electrons. The lowest BCUT2D eigenvalue weighted by molar-refractivity contribution is 0.194. The van der Waals surface area contributed by atoms with E-state index in [0.29, 0.717) is 0 Å². The molecule has 19 heavy (non-hydrogen) atoms. The lowest BCUT2D eigenvalue weighted by Gasteiger charge is -2.07. The zero-order valence-corrected chi connectivity index (χ0v) is 11.4. The molecule has 0 fully saturated rings. The van der Waals surface area contributed by atoms with E-state index in [4.69, 9.17) is 4.74 Å². The second-order valence-electron chi connectivity index (χ2n) is 4.44. The summed E-state index contributed by atoms with van der Waals surface area (Å²) >= 11 is 0. The molecule has 0 atom stereocenters. The SMILES string of the molecule is C=CCn1c(CNCCCOC)nc2ccccc21. The van der Waals surface area contributed by atoms with Crippen molar-refractivity contribution in [2.24, 2.45) is 0 Å². The van der Waals surface area contributed by atoms with Crippen LogP contribution < -0.4 is 5.32 Å². The quantitative estimate of drug-likeness (QED) is 0.584. The van der Waals surface area contributed by atoms with Crippen molar-refractivity contribution in [1.29, 1.82) is 0 Å². The number of hydrogen-bond donors (Lipinski definition) is 1. The number of imidazole rings is 1. The maximum absolute atomic E-state index is 5.03. The van der Waals surface area contributed by atoms with Crippen LogP contribution in [0.25, 0.3) is 11.0 Å². The zero-order chi connectivity index (χ0) is 13.5. The van der Waals surface area contributed by atoms with Crippen molar-refractivity contribution in [3.05, 3.63) is 42.7 Å². The molecule has 1 N–H and O–H groups in total. The summed E-state index contributed by atoms with van der Waals surface area (Å²) < 4.78 is 7.23. The molecule has 0 aliphatic rings. The van der Waals surface area contributed by atoms with E-state index in [0.717, 1.165) is 49.5 Å². The number of nitrogens with one attached hydrogen (secondary N) is 1. The second-order valence-corrected chi connectivity index (χ2v) is 4.44. The van der Waals surface area contributed by atoms with Gasteiger partial charge in [0, 0.05) is 20.3 Å². The van der Waals surface area contributed by atoms with Crippen molar-refractivity contribution in [2.75, 3.05) is 20.3 Å². The Labute approximate surface area is 114 Å². The van der Waals surface area contributed by atoms with Crippen molar-refractivity contribution < 1.29 is 4.74 Å². The van der Waals surface area contributed by atoms with Gasteiger partial charge in [-0.15, -0.1) is 6.58 Å². The number of benzene rings is 1. The molecule has 0 amide bonds. The van der Waals surface area contributed by atoms with Crippen LogP contribution in [-0.4, -0.2) is 29.8 Å². The molecule has 0 radical (unpaired) electrons. The number of ether oxygens (including phenoxy) is 1. The first kappa shape index (κ1) is 13.8. The second kappa shape index (κ2) is 7.07. The average Bonchev–Trinajstić information content (AvgIpc) is 2.78. The fraction of sp³-hybridized carbons (Fsp3) is 0.400. The number of allylic oxidation sites excluding steroid dienone is 1. The minimum atomic E-state index is 0.770. The highest BCUT2D eigenvalue weighted by molar-refractivity contribution is 5.75. The smallest absolute Gasteiger partial charge is 0.124 e. The fourth-order valence-corrected chi connectivity index (χ4v) is 2.13. The average molecular weight is 259 g/mol. The Balaban J connectivity index is 2.08. The molecular formula is C15H21N3O. The zero-order valence-electron chi connectivity index (χ0n) is 11.4. The lowest BCUT2D eigenvalue weighted by Crippen LogP contribution is -2.19. The Morgan fingerprint density at radius 2 is 2.26 bits per heavy atom. The van der Waals surface area contributed by atoms with Gasteiger partial charge in [0.25, 0.3) is 0 Å². The summed E-state index contributed by atoms with van der Waals surface area (Å²) in [6.45, 7) is 7.10. The maximum Gasteiger partial charge on any atom is 0.124 e. The monoisotopic (exact) mass is 259 g/mol. The van der Waals surface area contributed by atoms with Crippen LogP contribution >= 0.6 is 0 Å². The van der Waals surface area contributed by atoms with Crippen molar-refractivity contribution >= 4 is 11.0 Å². The summed E-state index contributed by atoms with van der Waals surface area (Å²) in [6, 6.07) is 8.20.